The predicted molar refractivity (Wildman–Crippen MR) is 80.1 cm³/mol. The number of methoxy groups -OCH3 is 1. The lowest BCUT2D eigenvalue weighted by molar-refractivity contribution is -0.139. The number of hydrogen-bond acceptors (Lipinski definition) is 6. The Balaban J connectivity index is 2.67. The summed E-state index contributed by atoms with van der Waals surface area (Å²) in [7, 11) is 1.33. The van der Waals surface area contributed by atoms with Crippen LogP contribution in [0.15, 0.2) is 27.4 Å². The van der Waals surface area contributed by atoms with Crippen molar-refractivity contribution in [3.05, 3.63) is 40.0 Å². The van der Waals surface area contributed by atoms with Gasteiger partial charge in [0.05, 0.1) is 13.5 Å². The second-order valence-electron chi connectivity index (χ2n) is 4.98. The summed E-state index contributed by atoms with van der Waals surface area (Å²) in [5.41, 5.74) is -1.15. The maximum atomic E-state index is 11.7. The summed E-state index contributed by atoms with van der Waals surface area (Å²) in [6, 6.07) is 1.31. The van der Waals surface area contributed by atoms with Crippen LogP contribution in [0.5, 0.6) is 5.75 Å². The van der Waals surface area contributed by atoms with E-state index in [-0.39, 0.29) is 29.6 Å². The molecule has 1 atom stereocenters. The first-order valence-corrected chi connectivity index (χ1v) is 6.96. The van der Waals surface area contributed by atoms with Gasteiger partial charge in [-0.15, -0.1) is 0 Å². The Morgan fingerprint density at radius 3 is 2.64 bits per heavy atom. The van der Waals surface area contributed by atoms with E-state index < -0.39 is 11.4 Å². The minimum Gasteiger partial charge on any atom is -0.507 e. The van der Waals surface area contributed by atoms with E-state index in [4.69, 9.17) is 4.42 Å². The van der Waals surface area contributed by atoms with Gasteiger partial charge in [0.15, 0.2) is 5.78 Å². The van der Waals surface area contributed by atoms with Crippen LogP contribution in [-0.2, 0) is 9.53 Å². The third kappa shape index (κ3) is 4.87. The largest absolute Gasteiger partial charge is 0.507 e. The number of carbonyl (C=O) groups is 2. The fourth-order valence-corrected chi connectivity index (χ4v) is 1.94. The van der Waals surface area contributed by atoms with Crippen molar-refractivity contribution in [2.24, 2.45) is 0 Å². The molecular formula is C16H20O6. The van der Waals surface area contributed by atoms with Crippen LogP contribution in [0.25, 0.3) is 0 Å². The minimum absolute atomic E-state index is 0.109. The van der Waals surface area contributed by atoms with Crippen LogP contribution in [0.2, 0.25) is 0 Å². The Kier molecular flexibility index (Phi) is 6.56. The highest BCUT2D eigenvalue weighted by Crippen LogP contribution is 2.24. The molecule has 1 N–H and O–H groups in total. The molecule has 1 unspecified atom stereocenters. The lowest BCUT2D eigenvalue weighted by Gasteiger charge is -2.10. The van der Waals surface area contributed by atoms with E-state index in [0.717, 1.165) is 0 Å². The number of esters is 1. The van der Waals surface area contributed by atoms with Gasteiger partial charge in [0.1, 0.15) is 17.1 Å². The molecular weight excluding hydrogens is 288 g/mol. The highest BCUT2D eigenvalue weighted by molar-refractivity contribution is 5.96. The zero-order chi connectivity index (χ0) is 16.7. The summed E-state index contributed by atoms with van der Waals surface area (Å²) < 4.78 is 9.60. The fraction of sp³-hybridized carbons (Fsp3) is 0.438. The van der Waals surface area contributed by atoms with Crippen molar-refractivity contribution in [1.29, 1.82) is 0 Å². The summed E-state index contributed by atoms with van der Waals surface area (Å²) in [5, 5.41) is 9.74. The third-order valence-corrected chi connectivity index (χ3v) is 3.23. The van der Waals surface area contributed by atoms with Crippen LogP contribution < -0.4 is 5.63 Å². The van der Waals surface area contributed by atoms with Gasteiger partial charge < -0.3 is 14.3 Å². The van der Waals surface area contributed by atoms with Gasteiger partial charge in [-0.2, -0.15) is 0 Å². The first kappa shape index (κ1) is 17.7. The monoisotopic (exact) mass is 308 g/mol. The minimum atomic E-state index is -0.824. The fourth-order valence-electron chi connectivity index (χ4n) is 1.94. The summed E-state index contributed by atoms with van der Waals surface area (Å²) >= 11 is 0. The molecule has 0 bridgehead atoms. The molecule has 0 saturated carbocycles. The molecule has 0 aliphatic heterocycles. The second-order valence-corrected chi connectivity index (χ2v) is 4.98. The van der Waals surface area contributed by atoms with Crippen LogP contribution in [0.4, 0.5) is 0 Å². The Hall–Kier alpha value is -2.37. The van der Waals surface area contributed by atoms with E-state index in [2.05, 4.69) is 4.74 Å². The number of carbonyl (C=O) groups excluding carboxylic acids is 2. The summed E-state index contributed by atoms with van der Waals surface area (Å²) in [4.78, 5) is 33.8. The molecule has 6 heteroatoms. The van der Waals surface area contributed by atoms with Gasteiger partial charge in [-0.25, -0.2) is 4.79 Å². The normalized spacial score (nSPS) is 12.3. The molecule has 0 amide bonds. The molecule has 0 radical (unpaired) electrons. The van der Waals surface area contributed by atoms with E-state index in [1.54, 1.807) is 6.08 Å². The van der Waals surface area contributed by atoms with Crippen molar-refractivity contribution in [2.45, 2.75) is 39.0 Å². The Morgan fingerprint density at radius 2 is 2.09 bits per heavy atom. The Bertz CT molecular complexity index is 626. The van der Waals surface area contributed by atoms with Crippen LogP contribution in [-0.4, -0.2) is 24.0 Å². The maximum absolute atomic E-state index is 11.7. The van der Waals surface area contributed by atoms with Gasteiger partial charge in [0.2, 0.25) is 0 Å². The molecule has 0 fully saturated rings. The highest BCUT2D eigenvalue weighted by atomic mass is 16.5. The van der Waals surface area contributed by atoms with Crippen molar-refractivity contribution in [3.63, 3.8) is 0 Å². The number of hydrogen-bond donors (Lipinski definition) is 1. The second kappa shape index (κ2) is 8.17. The molecule has 1 aromatic rings. The first-order valence-electron chi connectivity index (χ1n) is 6.96. The molecule has 1 heterocycles. The molecule has 0 spiro atoms. The van der Waals surface area contributed by atoms with Gasteiger partial charge >= 0.3 is 11.6 Å². The number of allylic oxidation sites excluding steroid dienone is 1. The zero-order valence-electron chi connectivity index (χ0n) is 12.9. The summed E-state index contributed by atoms with van der Waals surface area (Å²) in [6.07, 6.45) is 5.12. The van der Waals surface area contributed by atoms with E-state index >= 15 is 0 Å². The first-order chi connectivity index (χ1) is 10.4. The van der Waals surface area contributed by atoms with Crippen LogP contribution in [0.1, 0.15) is 55.1 Å². The molecule has 22 heavy (non-hydrogen) atoms. The Labute approximate surface area is 128 Å². The SMILES string of the molecule is COC(=O)C/C=C/CCC(C)c1cc(O)c(C(C)=O)c(=O)o1. The summed E-state index contributed by atoms with van der Waals surface area (Å²) in [5.74, 6) is -0.973. The van der Waals surface area contributed by atoms with Crippen LogP contribution in [0.3, 0.4) is 0 Å². The van der Waals surface area contributed by atoms with Crippen molar-refractivity contribution in [1.82, 2.24) is 0 Å². The topological polar surface area (TPSA) is 93.8 Å². The average molecular weight is 308 g/mol. The molecule has 1 aromatic heterocycles. The highest BCUT2D eigenvalue weighted by Gasteiger charge is 2.17. The lowest BCUT2D eigenvalue weighted by atomic mass is 10.0. The average Bonchev–Trinajstić information content (AvgIpc) is 2.45. The van der Waals surface area contributed by atoms with Crippen molar-refractivity contribution in [3.8, 4) is 5.75 Å². The van der Waals surface area contributed by atoms with Gasteiger partial charge in [0.25, 0.3) is 0 Å². The molecule has 0 aliphatic carbocycles. The number of ether oxygens (including phenoxy) is 1. The molecule has 0 aliphatic rings. The van der Waals surface area contributed by atoms with Gasteiger partial charge in [-0.05, 0) is 19.8 Å². The molecule has 1 rings (SSSR count). The smallest absolute Gasteiger partial charge is 0.350 e. The van der Waals surface area contributed by atoms with E-state index in [0.29, 0.717) is 18.6 Å². The number of ketones is 1. The van der Waals surface area contributed by atoms with Crippen molar-refractivity contribution < 1.29 is 23.8 Å². The number of Topliss-reactive ketones (excluding diaryl/α,β-unsaturated/α-hetero) is 1. The van der Waals surface area contributed by atoms with E-state index in [1.165, 1.54) is 20.1 Å². The zero-order valence-corrected chi connectivity index (χ0v) is 12.9. The Morgan fingerprint density at radius 1 is 1.41 bits per heavy atom. The summed E-state index contributed by atoms with van der Waals surface area (Å²) in [6.45, 7) is 3.04. The van der Waals surface area contributed by atoms with Crippen molar-refractivity contribution in [2.75, 3.05) is 7.11 Å². The van der Waals surface area contributed by atoms with Gasteiger partial charge in [-0.1, -0.05) is 19.1 Å². The van der Waals surface area contributed by atoms with Crippen LogP contribution >= 0.6 is 0 Å². The lowest BCUT2D eigenvalue weighted by Crippen LogP contribution is -2.13. The molecule has 6 nitrogen and oxygen atoms in total. The van der Waals surface area contributed by atoms with E-state index in [1.807, 2.05) is 13.0 Å². The van der Waals surface area contributed by atoms with Crippen molar-refractivity contribution >= 4 is 11.8 Å². The number of aromatic hydroxyl groups is 1. The quantitative estimate of drug-likeness (QED) is 0.472. The molecule has 0 aromatic carbocycles. The number of rotatable bonds is 7. The standard InChI is InChI=1S/C16H20O6/c1-10(7-5-4-6-8-14(19)21-3)13-9-12(18)15(11(2)17)16(20)22-13/h4,6,9-10,18H,5,7-8H2,1-3H3/b6-4+. The van der Waals surface area contributed by atoms with Gasteiger partial charge in [0, 0.05) is 12.0 Å². The molecule has 0 saturated heterocycles. The van der Waals surface area contributed by atoms with E-state index in [9.17, 15) is 19.5 Å². The van der Waals surface area contributed by atoms with Gasteiger partial charge in [-0.3, -0.25) is 9.59 Å². The maximum Gasteiger partial charge on any atom is 0.350 e. The predicted octanol–water partition coefficient (Wildman–Crippen LogP) is 2.55. The molecule has 120 valence electrons. The third-order valence-electron chi connectivity index (χ3n) is 3.23. The van der Waals surface area contributed by atoms with Crippen LogP contribution in [0, 0.1) is 0 Å².